The Bertz CT molecular complexity index is 509. The van der Waals surface area contributed by atoms with Gasteiger partial charge >= 0.3 is 0 Å². The maximum absolute atomic E-state index is 5.15. The second-order valence-electron chi connectivity index (χ2n) is 5.73. The van der Waals surface area contributed by atoms with E-state index in [1.54, 1.807) is 23.9 Å². The fourth-order valence-corrected chi connectivity index (χ4v) is 3.17. The Balaban J connectivity index is 2.29. The zero-order chi connectivity index (χ0) is 13.9. The fraction of sp³-hybridized carbons (Fsp3) is 0.533. The lowest BCUT2D eigenvalue weighted by molar-refractivity contribution is 0.559. The molecule has 0 amide bonds. The topological polar surface area (TPSA) is 38.1 Å². The van der Waals surface area contributed by atoms with Crippen LogP contribution in [0.15, 0.2) is 23.0 Å². The second kappa shape index (κ2) is 5.88. The third kappa shape index (κ3) is 3.45. The minimum Gasteiger partial charge on any atom is -0.472 e. The summed E-state index contributed by atoms with van der Waals surface area (Å²) in [5, 5.41) is 4.52. The fourth-order valence-electron chi connectivity index (χ4n) is 1.95. The van der Waals surface area contributed by atoms with Gasteiger partial charge in [-0.05, 0) is 19.0 Å². The summed E-state index contributed by atoms with van der Waals surface area (Å²) in [6, 6.07) is 1.97. The van der Waals surface area contributed by atoms with E-state index in [2.05, 4.69) is 33.0 Å². The number of nitrogens with one attached hydrogen (secondary N) is 1. The van der Waals surface area contributed by atoms with Crippen molar-refractivity contribution < 1.29 is 4.42 Å². The third-order valence-electron chi connectivity index (χ3n) is 2.89. The molecule has 0 spiro atoms. The van der Waals surface area contributed by atoms with Crippen molar-refractivity contribution in [2.75, 3.05) is 6.54 Å². The van der Waals surface area contributed by atoms with Gasteiger partial charge < -0.3 is 9.73 Å². The van der Waals surface area contributed by atoms with Gasteiger partial charge in [-0.3, -0.25) is 0 Å². The normalized spacial score (nSPS) is 12.0. The molecule has 2 rings (SSSR count). The van der Waals surface area contributed by atoms with Gasteiger partial charge in [0, 0.05) is 22.4 Å². The summed E-state index contributed by atoms with van der Waals surface area (Å²) < 4.78 is 5.15. The molecule has 19 heavy (non-hydrogen) atoms. The Morgan fingerprint density at radius 1 is 1.37 bits per heavy atom. The van der Waals surface area contributed by atoms with E-state index in [1.807, 2.05) is 6.07 Å². The van der Waals surface area contributed by atoms with E-state index in [0.29, 0.717) is 0 Å². The van der Waals surface area contributed by atoms with Crippen LogP contribution in [0.25, 0.3) is 10.6 Å². The van der Waals surface area contributed by atoms with E-state index in [4.69, 9.17) is 9.40 Å². The highest BCUT2D eigenvalue weighted by Crippen LogP contribution is 2.34. The molecule has 0 aliphatic heterocycles. The summed E-state index contributed by atoms with van der Waals surface area (Å²) in [7, 11) is 0. The van der Waals surface area contributed by atoms with Gasteiger partial charge in [-0.15, -0.1) is 11.3 Å². The van der Waals surface area contributed by atoms with E-state index in [-0.39, 0.29) is 5.41 Å². The number of nitrogens with zero attached hydrogens (tertiary/aromatic N) is 1. The third-order valence-corrected chi connectivity index (χ3v) is 3.99. The van der Waals surface area contributed by atoms with Crippen molar-refractivity contribution in [1.82, 2.24) is 10.3 Å². The van der Waals surface area contributed by atoms with Crippen molar-refractivity contribution in [2.24, 2.45) is 0 Å². The standard InChI is InChI=1S/C15H22N2OS/c1-5-7-16-9-12-13(15(2,3)4)17-14(19-12)11-6-8-18-10-11/h6,8,10,16H,5,7,9H2,1-4H3. The summed E-state index contributed by atoms with van der Waals surface area (Å²) >= 11 is 1.76. The zero-order valence-corrected chi connectivity index (χ0v) is 12.9. The van der Waals surface area contributed by atoms with Crippen LogP contribution in [0, 0.1) is 0 Å². The van der Waals surface area contributed by atoms with Gasteiger partial charge in [0.05, 0.1) is 12.0 Å². The lowest BCUT2D eigenvalue weighted by atomic mass is 9.91. The van der Waals surface area contributed by atoms with Gasteiger partial charge in [-0.25, -0.2) is 4.98 Å². The van der Waals surface area contributed by atoms with Crippen LogP contribution >= 0.6 is 11.3 Å². The van der Waals surface area contributed by atoms with Gasteiger partial charge in [0.1, 0.15) is 11.3 Å². The Morgan fingerprint density at radius 2 is 2.16 bits per heavy atom. The molecular weight excluding hydrogens is 256 g/mol. The molecule has 4 heteroatoms. The minimum atomic E-state index is 0.0711. The number of hydrogen-bond donors (Lipinski definition) is 1. The summed E-state index contributed by atoms with van der Waals surface area (Å²) in [5.74, 6) is 0. The van der Waals surface area contributed by atoms with E-state index in [0.717, 1.165) is 30.1 Å². The van der Waals surface area contributed by atoms with Crippen molar-refractivity contribution >= 4 is 11.3 Å². The Morgan fingerprint density at radius 3 is 2.74 bits per heavy atom. The molecule has 0 saturated heterocycles. The lowest BCUT2D eigenvalue weighted by Gasteiger charge is -2.17. The van der Waals surface area contributed by atoms with Crippen LogP contribution in [0.1, 0.15) is 44.7 Å². The SMILES string of the molecule is CCCNCc1sc(-c2ccoc2)nc1C(C)(C)C. The maximum atomic E-state index is 5.15. The number of thiazole rings is 1. The molecule has 3 nitrogen and oxygen atoms in total. The number of rotatable bonds is 5. The van der Waals surface area contributed by atoms with Crippen molar-refractivity contribution in [3.8, 4) is 10.6 Å². The van der Waals surface area contributed by atoms with Crippen LogP contribution in [0.4, 0.5) is 0 Å². The summed E-state index contributed by atoms with van der Waals surface area (Å²) in [6.07, 6.45) is 4.61. The van der Waals surface area contributed by atoms with E-state index < -0.39 is 0 Å². The van der Waals surface area contributed by atoms with Gasteiger partial charge in [-0.2, -0.15) is 0 Å². The van der Waals surface area contributed by atoms with Crippen LogP contribution < -0.4 is 5.32 Å². The first-order chi connectivity index (χ1) is 9.02. The molecule has 0 unspecified atom stereocenters. The van der Waals surface area contributed by atoms with Gasteiger partial charge in [-0.1, -0.05) is 27.7 Å². The summed E-state index contributed by atoms with van der Waals surface area (Å²) in [6.45, 7) is 10.8. The molecule has 104 valence electrons. The molecule has 2 aromatic heterocycles. The van der Waals surface area contributed by atoms with E-state index in [1.165, 1.54) is 10.6 Å². The zero-order valence-electron chi connectivity index (χ0n) is 12.1. The van der Waals surface area contributed by atoms with Crippen LogP contribution in [0.3, 0.4) is 0 Å². The Hall–Kier alpha value is -1.13. The largest absolute Gasteiger partial charge is 0.472 e. The monoisotopic (exact) mass is 278 g/mol. The predicted molar refractivity (Wildman–Crippen MR) is 80.5 cm³/mol. The van der Waals surface area contributed by atoms with Crippen LogP contribution in [0.2, 0.25) is 0 Å². The van der Waals surface area contributed by atoms with Crippen molar-refractivity contribution in [2.45, 2.75) is 46.1 Å². The molecule has 0 radical (unpaired) electrons. The molecule has 2 heterocycles. The first-order valence-electron chi connectivity index (χ1n) is 6.76. The lowest BCUT2D eigenvalue weighted by Crippen LogP contribution is -2.19. The van der Waals surface area contributed by atoms with E-state index >= 15 is 0 Å². The molecule has 1 N–H and O–H groups in total. The highest BCUT2D eigenvalue weighted by atomic mass is 32.1. The van der Waals surface area contributed by atoms with Crippen molar-refractivity contribution in [3.05, 3.63) is 29.2 Å². The average Bonchev–Trinajstić information content (AvgIpc) is 2.96. The molecule has 0 atom stereocenters. The average molecular weight is 278 g/mol. The number of furan rings is 1. The van der Waals surface area contributed by atoms with Crippen molar-refractivity contribution in [3.63, 3.8) is 0 Å². The smallest absolute Gasteiger partial charge is 0.127 e. The Kier molecular flexibility index (Phi) is 4.42. The number of hydrogen-bond acceptors (Lipinski definition) is 4. The van der Waals surface area contributed by atoms with Gasteiger partial charge in [0.15, 0.2) is 0 Å². The molecule has 0 aliphatic rings. The second-order valence-corrected chi connectivity index (χ2v) is 6.81. The van der Waals surface area contributed by atoms with Gasteiger partial charge in [0.2, 0.25) is 0 Å². The molecule has 0 saturated carbocycles. The molecule has 2 aromatic rings. The molecule has 0 fully saturated rings. The first-order valence-corrected chi connectivity index (χ1v) is 7.57. The quantitative estimate of drug-likeness (QED) is 0.833. The highest BCUT2D eigenvalue weighted by Gasteiger charge is 2.23. The molecule has 0 aromatic carbocycles. The Labute approximate surface area is 119 Å². The minimum absolute atomic E-state index is 0.0711. The van der Waals surface area contributed by atoms with Crippen LogP contribution in [-0.4, -0.2) is 11.5 Å². The summed E-state index contributed by atoms with van der Waals surface area (Å²) in [4.78, 5) is 6.15. The molecule has 0 aliphatic carbocycles. The molecule has 0 bridgehead atoms. The van der Waals surface area contributed by atoms with Crippen molar-refractivity contribution in [1.29, 1.82) is 0 Å². The molecular formula is C15H22N2OS. The van der Waals surface area contributed by atoms with Gasteiger partial charge in [0.25, 0.3) is 0 Å². The highest BCUT2D eigenvalue weighted by molar-refractivity contribution is 7.15. The number of aromatic nitrogens is 1. The van der Waals surface area contributed by atoms with Crippen LogP contribution in [-0.2, 0) is 12.0 Å². The van der Waals surface area contributed by atoms with Crippen LogP contribution in [0.5, 0.6) is 0 Å². The predicted octanol–water partition coefficient (Wildman–Crippen LogP) is 4.20. The summed E-state index contributed by atoms with van der Waals surface area (Å²) in [5.41, 5.74) is 2.33. The first kappa shape index (κ1) is 14.3. The maximum Gasteiger partial charge on any atom is 0.127 e. The van der Waals surface area contributed by atoms with E-state index in [9.17, 15) is 0 Å².